The van der Waals surface area contributed by atoms with E-state index in [-0.39, 0.29) is 17.1 Å². The van der Waals surface area contributed by atoms with Gasteiger partial charge in [0.25, 0.3) is 0 Å². The number of aliphatic imine (C=N–C) groups is 1. The lowest BCUT2D eigenvalue weighted by molar-refractivity contribution is 0.0172. The van der Waals surface area contributed by atoms with Crippen molar-refractivity contribution in [1.82, 2.24) is 9.80 Å². The minimum absolute atomic E-state index is 0.0284. The number of anilines is 1. The summed E-state index contributed by atoms with van der Waals surface area (Å²) in [6.45, 7) is 5.90. The highest BCUT2D eigenvalue weighted by Crippen LogP contribution is 2.50. The van der Waals surface area contributed by atoms with E-state index >= 15 is 0 Å². The van der Waals surface area contributed by atoms with Crippen molar-refractivity contribution in [2.45, 2.75) is 62.6 Å². The molecule has 3 fully saturated rings. The molecule has 0 unspecified atom stereocenters. The third-order valence-electron chi connectivity index (χ3n) is 8.84. The van der Waals surface area contributed by atoms with Gasteiger partial charge in [0.15, 0.2) is 0 Å². The minimum Gasteiger partial charge on any atom is -0.317 e. The highest BCUT2D eigenvalue weighted by molar-refractivity contribution is 5.95. The molecule has 5 nitrogen and oxygen atoms in total. The van der Waals surface area contributed by atoms with E-state index in [0.717, 1.165) is 50.0 Å². The second kappa shape index (κ2) is 9.18. The fourth-order valence-corrected chi connectivity index (χ4v) is 6.45. The van der Waals surface area contributed by atoms with E-state index in [9.17, 15) is 4.79 Å². The highest BCUT2D eigenvalue weighted by atomic mass is 16.2. The molecule has 5 heteroatoms. The molecule has 180 valence electrons. The Morgan fingerprint density at radius 2 is 1.76 bits per heavy atom. The van der Waals surface area contributed by atoms with E-state index in [1.807, 2.05) is 11.0 Å². The normalized spacial score (nSPS) is 27.4. The molecule has 1 heterocycles. The standard InChI is InChI=1S/C29H38N4O/c1-30-20-24-11-8-14-26(19-24)32-22-28(33(27(32)34)21-23-9-7-10-23)15-17-29(18-16-28,31(2)3)25-12-5-4-6-13-25/h4-6,8,11-14,19,23H,1,7,9-10,15-18,20-22H2,2-3H3. The number of hydrogen-bond donors (Lipinski definition) is 0. The summed E-state index contributed by atoms with van der Waals surface area (Å²) >= 11 is 0. The second-order valence-corrected chi connectivity index (χ2v) is 10.8. The molecule has 2 saturated carbocycles. The molecule has 2 amide bonds. The van der Waals surface area contributed by atoms with Gasteiger partial charge in [-0.3, -0.25) is 14.8 Å². The molecule has 1 spiro atoms. The fourth-order valence-electron chi connectivity index (χ4n) is 6.45. The van der Waals surface area contributed by atoms with Crippen LogP contribution in [0.15, 0.2) is 59.6 Å². The molecule has 3 aliphatic rings. The summed E-state index contributed by atoms with van der Waals surface area (Å²) in [4.78, 5) is 24.7. The predicted molar refractivity (Wildman–Crippen MR) is 139 cm³/mol. The number of carbonyl (C=O) groups is 1. The molecular weight excluding hydrogens is 420 g/mol. The molecule has 0 N–H and O–H groups in total. The third-order valence-corrected chi connectivity index (χ3v) is 8.84. The van der Waals surface area contributed by atoms with Gasteiger partial charge in [-0.2, -0.15) is 0 Å². The van der Waals surface area contributed by atoms with E-state index < -0.39 is 0 Å². The number of hydrogen-bond acceptors (Lipinski definition) is 3. The van der Waals surface area contributed by atoms with Crippen molar-refractivity contribution in [3.8, 4) is 0 Å². The van der Waals surface area contributed by atoms with Gasteiger partial charge in [0.05, 0.1) is 18.6 Å². The molecule has 5 rings (SSSR count). The van der Waals surface area contributed by atoms with Crippen molar-refractivity contribution in [1.29, 1.82) is 0 Å². The Morgan fingerprint density at radius 3 is 2.38 bits per heavy atom. The Kier molecular flexibility index (Phi) is 6.24. The van der Waals surface area contributed by atoms with Crippen LogP contribution < -0.4 is 4.90 Å². The van der Waals surface area contributed by atoms with Crippen molar-refractivity contribution < 1.29 is 4.79 Å². The summed E-state index contributed by atoms with van der Waals surface area (Å²) in [7, 11) is 4.42. The molecule has 0 atom stereocenters. The van der Waals surface area contributed by atoms with Gasteiger partial charge in [-0.15, -0.1) is 0 Å². The molecule has 0 aromatic heterocycles. The van der Waals surface area contributed by atoms with E-state index in [4.69, 9.17) is 0 Å². The van der Waals surface area contributed by atoms with Gasteiger partial charge in [0.1, 0.15) is 0 Å². The van der Waals surface area contributed by atoms with Gasteiger partial charge in [-0.1, -0.05) is 48.9 Å². The minimum atomic E-state index is -0.0896. The van der Waals surface area contributed by atoms with Crippen LogP contribution >= 0.6 is 0 Å². The molecule has 34 heavy (non-hydrogen) atoms. The zero-order valence-corrected chi connectivity index (χ0v) is 20.7. The van der Waals surface area contributed by atoms with Crippen LogP contribution in [0.1, 0.15) is 56.1 Å². The Balaban J connectivity index is 1.45. The van der Waals surface area contributed by atoms with Crippen LogP contribution in [0.4, 0.5) is 10.5 Å². The smallest absolute Gasteiger partial charge is 0.317 e. The lowest BCUT2D eigenvalue weighted by atomic mass is 9.68. The summed E-state index contributed by atoms with van der Waals surface area (Å²) in [6, 6.07) is 19.4. The predicted octanol–water partition coefficient (Wildman–Crippen LogP) is 5.70. The maximum absolute atomic E-state index is 13.9. The molecule has 2 aliphatic carbocycles. The first kappa shape index (κ1) is 23.1. The van der Waals surface area contributed by atoms with Crippen LogP contribution in [-0.4, -0.2) is 55.3 Å². The third kappa shape index (κ3) is 3.94. The Morgan fingerprint density at radius 1 is 1.03 bits per heavy atom. The molecule has 0 radical (unpaired) electrons. The Labute approximate surface area is 204 Å². The lowest BCUT2D eigenvalue weighted by Crippen LogP contribution is -2.56. The van der Waals surface area contributed by atoms with Crippen molar-refractivity contribution in [3.63, 3.8) is 0 Å². The topological polar surface area (TPSA) is 39.1 Å². The SMILES string of the molecule is C=NCc1cccc(N2CC3(CCC(c4ccccc4)(N(C)C)CC3)N(CC3CCC3)C2=O)c1. The Bertz CT molecular complexity index is 1020. The fraction of sp³-hybridized carbons (Fsp3) is 0.517. The summed E-state index contributed by atoms with van der Waals surface area (Å²) in [5.74, 6) is 0.659. The van der Waals surface area contributed by atoms with Crippen LogP contribution in [0.5, 0.6) is 0 Å². The largest absolute Gasteiger partial charge is 0.325 e. The second-order valence-electron chi connectivity index (χ2n) is 10.8. The van der Waals surface area contributed by atoms with Crippen LogP contribution in [0.3, 0.4) is 0 Å². The molecule has 2 aromatic carbocycles. The van der Waals surface area contributed by atoms with Gasteiger partial charge in [0, 0.05) is 17.8 Å². The number of rotatable bonds is 7. The van der Waals surface area contributed by atoms with E-state index in [2.05, 4.69) is 84.1 Å². The number of amides is 2. The zero-order chi connectivity index (χ0) is 23.8. The van der Waals surface area contributed by atoms with Gasteiger partial charge in [-0.05, 0) is 88.5 Å². The molecule has 0 bridgehead atoms. The molecule has 1 saturated heterocycles. The van der Waals surface area contributed by atoms with Crippen molar-refractivity contribution in [2.24, 2.45) is 10.9 Å². The summed E-state index contributed by atoms with van der Waals surface area (Å²) < 4.78 is 0. The summed E-state index contributed by atoms with van der Waals surface area (Å²) in [5, 5.41) is 0. The first-order chi connectivity index (χ1) is 16.5. The lowest BCUT2D eigenvalue weighted by Gasteiger charge is -2.51. The van der Waals surface area contributed by atoms with Crippen molar-refractivity contribution in [2.75, 3.05) is 32.1 Å². The quantitative estimate of drug-likeness (QED) is 0.499. The monoisotopic (exact) mass is 458 g/mol. The Hall–Kier alpha value is -2.66. The summed E-state index contributed by atoms with van der Waals surface area (Å²) in [6.07, 6.45) is 8.00. The maximum atomic E-state index is 13.9. The number of carbonyl (C=O) groups excluding carboxylic acids is 1. The average Bonchev–Trinajstić information content (AvgIpc) is 3.09. The van der Waals surface area contributed by atoms with Crippen LogP contribution in [-0.2, 0) is 12.1 Å². The van der Waals surface area contributed by atoms with Gasteiger partial charge in [0.2, 0.25) is 0 Å². The number of nitrogens with zero attached hydrogens (tertiary/aromatic N) is 4. The van der Waals surface area contributed by atoms with Gasteiger partial charge < -0.3 is 4.90 Å². The van der Waals surface area contributed by atoms with Crippen molar-refractivity contribution >= 4 is 18.4 Å². The van der Waals surface area contributed by atoms with Gasteiger partial charge in [-0.25, -0.2) is 4.79 Å². The van der Waals surface area contributed by atoms with E-state index in [1.165, 1.54) is 24.8 Å². The first-order valence-corrected chi connectivity index (χ1v) is 12.8. The molecular formula is C29H38N4O. The van der Waals surface area contributed by atoms with Gasteiger partial charge >= 0.3 is 6.03 Å². The van der Waals surface area contributed by atoms with Crippen molar-refractivity contribution in [3.05, 3.63) is 65.7 Å². The molecule has 1 aliphatic heterocycles. The number of benzene rings is 2. The number of urea groups is 1. The maximum Gasteiger partial charge on any atom is 0.325 e. The first-order valence-electron chi connectivity index (χ1n) is 12.8. The van der Waals surface area contributed by atoms with E-state index in [0.29, 0.717) is 12.5 Å². The van der Waals surface area contributed by atoms with Crippen LogP contribution in [0.2, 0.25) is 0 Å². The average molecular weight is 459 g/mol. The highest BCUT2D eigenvalue weighted by Gasteiger charge is 2.55. The van der Waals surface area contributed by atoms with Crippen LogP contribution in [0.25, 0.3) is 0 Å². The summed E-state index contributed by atoms with van der Waals surface area (Å²) in [5.41, 5.74) is 3.43. The zero-order valence-electron chi connectivity index (χ0n) is 20.7. The van der Waals surface area contributed by atoms with Crippen LogP contribution in [0, 0.1) is 5.92 Å². The molecule has 2 aromatic rings. The van der Waals surface area contributed by atoms with E-state index in [1.54, 1.807) is 0 Å².